The van der Waals surface area contributed by atoms with Crippen molar-refractivity contribution in [2.75, 3.05) is 0 Å². The van der Waals surface area contributed by atoms with E-state index in [1.54, 1.807) is 0 Å². The summed E-state index contributed by atoms with van der Waals surface area (Å²) >= 11 is 0. The van der Waals surface area contributed by atoms with E-state index in [4.69, 9.17) is 5.73 Å². The molecule has 0 radical (unpaired) electrons. The van der Waals surface area contributed by atoms with Gasteiger partial charge in [-0.05, 0) is 24.7 Å². The molecule has 2 atom stereocenters. The lowest BCUT2D eigenvalue weighted by Crippen LogP contribution is -2.45. The van der Waals surface area contributed by atoms with Crippen molar-refractivity contribution in [1.82, 2.24) is 0 Å². The Bertz CT molecular complexity index is 107. The van der Waals surface area contributed by atoms with E-state index in [0.29, 0.717) is 6.04 Å². The summed E-state index contributed by atoms with van der Waals surface area (Å²) in [6.07, 6.45) is 7.12. The monoisotopic (exact) mass is 125 g/mol. The number of hydrogen-bond acceptors (Lipinski definition) is 1. The number of hydrogen-bond donors (Lipinski definition) is 1. The molecule has 2 N–H and O–H groups in total. The van der Waals surface area contributed by atoms with Crippen LogP contribution in [0.2, 0.25) is 0 Å². The van der Waals surface area contributed by atoms with Gasteiger partial charge in [-0.1, -0.05) is 19.3 Å². The molecule has 0 heterocycles. The van der Waals surface area contributed by atoms with Crippen molar-refractivity contribution in [3.05, 3.63) is 0 Å². The van der Waals surface area contributed by atoms with E-state index in [2.05, 4.69) is 0 Å². The fraction of sp³-hybridized carbons (Fsp3) is 1.00. The summed E-state index contributed by atoms with van der Waals surface area (Å²) in [5, 5.41) is 0. The summed E-state index contributed by atoms with van der Waals surface area (Å²) < 4.78 is 0. The molecule has 9 heavy (non-hydrogen) atoms. The highest BCUT2D eigenvalue weighted by atomic mass is 14.7. The smallest absolute Gasteiger partial charge is 0.00699 e. The maximum absolute atomic E-state index is 5.83. The third-order valence-corrected chi connectivity index (χ3v) is 3.14. The zero-order valence-electron chi connectivity index (χ0n) is 5.84. The van der Waals surface area contributed by atoms with Crippen molar-refractivity contribution >= 4 is 0 Å². The summed E-state index contributed by atoms with van der Waals surface area (Å²) in [5.41, 5.74) is 5.83. The summed E-state index contributed by atoms with van der Waals surface area (Å²) in [6.45, 7) is 0. The summed E-state index contributed by atoms with van der Waals surface area (Å²) in [6, 6.07) is 0.579. The fourth-order valence-electron chi connectivity index (χ4n) is 2.00. The summed E-state index contributed by atoms with van der Waals surface area (Å²) in [7, 11) is 0. The van der Waals surface area contributed by atoms with Gasteiger partial charge in [0.1, 0.15) is 0 Å². The Morgan fingerprint density at radius 1 is 1.00 bits per heavy atom. The second-order valence-electron chi connectivity index (χ2n) is 3.60. The first-order valence-electron chi connectivity index (χ1n) is 4.13. The van der Waals surface area contributed by atoms with Crippen molar-refractivity contribution in [2.24, 2.45) is 17.6 Å². The molecular formula is C8H15N. The minimum atomic E-state index is 0.579. The largest absolute Gasteiger partial charge is 0.327 e. The minimum Gasteiger partial charge on any atom is -0.327 e. The molecular weight excluding hydrogens is 110 g/mol. The molecule has 1 heteroatoms. The van der Waals surface area contributed by atoms with E-state index in [-0.39, 0.29) is 0 Å². The fourth-order valence-corrected chi connectivity index (χ4v) is 2.00. The molecule has 2 aliphatic rings. The molecule has 0 aromatic heterocycles. The van der Waals surface area contributed by atoms with E-state index in [1.165, 1.54) is 32.1 Å². The zero-order chi connectivity index (χ0) is 6.27. The third-order valence-electron chi connectivity index (χ3n) is 3.14. The molecule has 0 amide bonds. The van der Waals surface area contributed by atoms with Crippen LogP contribution in [0.4, 0.5) is 0 Å². The molecule has 52 valence electrons. The Kier molecular flexibility index (Phi) is 1.26. The highest BCUT2D eigenvalue weighted by Crippen LogP contribution is 2.42. The predicted molar refractivity (Wildman–Crippen MR) is 38.0 cm³/mol. The van der Waals surface area contributed by atoms with Crippen LogP contribution >= 0.6 is 0 Å². The summed E-state index contributed by atoms with van der Waals surface area (Å²) in [4.78, 5) is 0. The van der Waals surface area contributed by atoms with Gasteiger partial charge in [-0.15, -0.1) is 0 Å². The second kappa shape index (κ2) is 1.98. The lowest BCUT2D eigenvalue weighted by atomic mass is 9.64. The first-order valence-corrected chi connectivity index (χ1v) is 4.13. The molecule has 0 saturated heterocycles. The van der Waals surface area contributed by atoms with Crippen molar-refractivity contribution in [2.45, 2.75) is 38.1 Å². The maximum atomic E-state index is 5.83. The third kappa shape index (κ3) is 0.787. The molecule has 1 nitrogen and oxygen atoms in total. The van der Waals surface area contributed by atoms with Crippen LogP contribution in [-0.2, 0) is 0 Å². The molecule has 2 rings (SSSR count). The first kappa shape index (κ1) is 5.72. The van der Waals surface area contributed by atoms with Gasteiger partial charge in [0.25, 0.3) is 0 Å². The van der Waals surface area contributed by atoms with Gasteiger partial charge in [-0.2, -0.15) is 0 Å². The van der Waals surface area contributed by atoms with E-state index in [9.17, 15) is 0 Å². The average Bonchev–Trinajstić information content (AvgIpc) is 1.74. The van der Waals surface area contributed by atoms with Crippen LogP contribution in [0.5, 0.6) is 0 Å². The lowest BCUT2D eigenvalue weighted by Gasteiger charge is -2.43. The van der Waals surface area contributed by atoms with Crippen LogP contribution in [-0.4, -0.2) is 6.04 Å². The molecule has 0 bridgehead atoms. The van der Waals surface area contributed by atoms with Crippen LogP contribution < -0.4 is 5.73 Å². The first-order chi connectivity index (χ1) is 4.38. The molecule has 0 spiro atoms. The van der Waals surface area contributed by atoms with Crippen LogP contribution in [0.15, 0.2) is 0 Å². The standard InChI is InChI=1S/C8H15N/c9-8-5-4-7(8)6-2-1-3-6/h6-8H,1-5,9H2/t7-,8+/m1/s1. The van der Waals surface area contributed by atoms with Gasteiger partial charge in [0.05, 0.1) is 0 Å². The Labute approximate surface area is 56.6 Å². The van der Waals surface area contributed by atoms with Gasteiger partial charge < -0.3 is 5.73 Å². The van der Waals surface area contributed by atoms with Crippen molar-refractivity contribution in [1.29, 1.82) is 0 Å². The van der Waals surface area contributed by atoms with Crippen molar-refractivity contribution < 1.29 is 0 Å². The summed E-state index contributed by atoms with van der Waals surface area (Å²) in [5.74, 6) is 1.97. The topological polar surface area (TPSA) is 26.0 Å². The second-order valence-corrected chi connectivity index (χ2v) is 3.60. The van der Waals surface area contributed by atoms with E-state index >= 15 is 0 Å². The number of nitrogens with two attached hydrogens (primary N) is 1. The van der Waals surface area contributed by atoms with Crippen LogP contribution in [0.3, 0.4) is 0 Å². The normalized spacial score (nSPS) is 43.7. The van der Waals surface area contributed by atoms with E-state index < -0.39 is 0 Å². The van der Waals surface area contributed by atoms with Gasteiger partial charge in [0, 0.05) is 6.04 Å². The molecule has 2 saturated carbocycles. The molecule has 0 aromatic rings. The van der Waals surface area contributed by atoms with Crippen LogP contribution in [0.1, 0.15) is 32.1 Å². The van der Waals surface area contributed by atoms with Gasteiger partial charge in [-0.25, -0.2) is 0 Å². The van der Waals surface area contributed by atoms with Crippen molar-refractivity contribution in [3.63, 3.8) is 0 Å². The maximum Gasteiger partial charge on any atom is 0.00699 e. The lowest BCUT2D eigenvalue weighted by molar-refractivity contribution is 0.103. The molecule has 0 aromatic carbocycles. The van der Waals surface area contributed by atoms with E-state index in [1.807, 2.05) is 0 Å². The Morgan fingerprint density at radius 2 is 1.78 bits per heavy atom. The predicted octanol–water partition coefficient (Wildman–Crippen LogP) is 1.52. The van der Waals surface area contributed by atoms with Gasteiger partial charge in [0.15, 0.2) is 0 Å². The molecule has 0 aliphatic heterocycles. The quantitative estimate of drug-likeness (QED) is 0.565. The molecule has 0 unspecified atom stereocenters. The SMILES string of the molecule is N[C@H]1CC[C@@H]1C1CCC1. The molecule has 2 aliphatic carbocycles. The Hall–Kier alpha value is -0.0400. The van der Waals surface area contributed by atoms with Crippen molar-refractivity contribution in [3.8, 4) is 0 Å². The van der Waals surface area contributed by atoms with Crippen LogP contribution in [0, 0.1) is 11.8 Å². The van der Waals surface area contributed by atoms with Gasteiger partial charge in [-0.3, -0.25) is 0 Å². The zero-order valence-corrected chi connectivity index (χ0v) is 5.84. The Morgan fingerprint density at radius 3 is 1.89 bits per heavy atom. The number of rotatable bonds is 1. The molecule has 2 fully saturated rings. The van der Waals surface area contributed by atoms with Gasteiger partial charge >= 0.3 is 0 Å². The van der Waals surface area contributed by atoms with Gasteiger partial charge in [0.2, 0.25) is 0 Å². The van der Waals surface area contributed by atoms with Crippen LogP contribution in [0.25, 0.3) is 0 Å². The Balaban J connectivity index is 1.83. The minimum absolute atomic E-state index is 0.579. The highest BCUT2D eigenvalue weighted by Gasteiger charge is 2.36. The van der Waals surface area contributed by atoms with E-state index in [0.717, 1.165) is 11.8 Å². The average molecular weight is 125 g/mol. The highest BCUT2D eigenvalue weighted by molar-refractivity contribution is 4.91.